The third kappa shape index (κ3) is 4.17. The molecular weight excluding hydrogens is 392 g/mol. The Morgan fingerprint density at radius 1 is 1.07 bits per heavy atom. The van der Waals surface area contributed by atoms with Crippen LogP contribution in [0.25, 0.3) is 11.5 Å². The van der Waals surface area contributed by atoms with E-state index in [1.165, 1.54) is 18.0 Å². The molecule has 0 aliphatic heterocycles. The molecule has 2 aromatic carbocycles. The van der Waals surface area contributed by atoms with E-state index >= 15 is 0 Å². The molecule has 0 atom stereocenters. The van der Waals surface area contributed by atoms with E-state index in [1.807, 2.05) is 48.5 Å². The summed E-state index contributed by atoms with van der Waals surface area (Å²) in [7, 11) is 1.64. The molecule has 0 radical (unpaired) electrons. The van der Waals surface area contributed by atoms with Crippen LogP contribution >= 0.6 is 11.8 Å². The van der Waals surface area contributed by atoms with Crippen molar-refractivity contribution in [2.75, 3.05) is 7.11 Å². The van der Waals surface area contributed by atoms with E-state index in [0.717, 1.165) is 26.9 Å². The number of aromatic amines is 2. The van der Waals surface area contributed by atoms with Crippen LogP contribution in [0.2, 0.25) is 0 Å². The van der Waals surface area contributed by atoms with Crippen molar-refractivity contribution in [2.24, 2.45) is 0 Å². The summed E-state index contributed by atoms with van der Waals surface area (Å²) in [4.78, 5) is 17.9. The van der Waals surface area contributed by atoms with Crippen molar-refractivity contribution >= 4 is 11.8 Å². The second-order valence-corrected chi connectivity index (χ2v) is 7.21. The predicted molar refractivity (Wildman–Crippen MR) is 109 cm³/mol. The summed E-state index contributed by atoms with van der Waals surface area (Å²) in [5.74, 6) is 1.66. The number of H-pyrrole nitrogens is 2. The van der Waals surface area contributed by atoms with Gasteiger partial charge in [-0.05, 0) is 36.4 Å². The van der Waals surface area contributed by atoms with Crippen molar-refractivity contribution in [3.8, 4) is 28.8 Å². The number of ether oxygens (including phenoxy) is 2. The van der Waals surface area contributed by atoms with Crippen molar-refractivity contribution in [3.05, 3.63) is 76.9 Å². The van der Waals surface area contributed by atoms with Gasteiger partial charge in [0.05, 0.1) is 18.3 Å². The lowest BCUT2D eigenvalue weighted by molar-refractivity contribution is 0.296. The van der Waals surface area contributed by atoms with E-state index in [0.29, 0.717) is 12.4 Å². The minimum absolute atomic E-state index is 0.222. The van der Waals surface area contributed by atoms with Crippen molar-refractivity contribution in [2.45, 2.75) is 16.4 Å². The van der Waals surface area contributed by atoms with Gasteiger partial charge in [0.15, 0.2) is 5.76 Å². The molecule has 0 saturated carbocycles. The molecule has 29 heavy (non-hydrogen) atoms. The maximum atomic E-state index is 11.4. The fourth-order valence-corrected chi connectivity index (χ4v) is 3.71. The van der Waals surface area contributed by atoms with Gasteiger partial charge in [0.2, 0.25) is 5.88 Å². The molecule has 0 unspecified atom stereocenters. The second kappa shape index (κ2) is 8.24. The zero-order valence-corrected chi connectivity index (χ0v) is 16.3. The summed E-state index contributed by atoms with van der Waals surface area (Å²) < 4.78 is 16.6. The SMILES string of the molecule is COc1ccccc1COc1ccc(Sc2ccoc2-c2[nH]c(=O)[nH]c2O)cc1. The number of para-hydroxylation sites is 1. The molecule has 0 amide bonds. The molecule has 0 fully saturated rings. The van der Waals surface area contributed by atoms with Crippen molar-refractivity contribution < 1.29 is 19.0 Å². The number of hydrogen-bond donors (Lipinski definition) is 3. The first kappa shape index (κ1) is 18.8. The van der Waals surface area contributed by atoms with Crippen molar-refractivity contribution in [1.82, 2.24) is 9.97 Å². The monoisotopic (exact) mass is 410 g/mol. The van der Waals surface area contributed by atoms with E-state index in [9.17, 15) is 9.90 Å². The first-order valence-corrected chi connectivity index (χ1v) is 9.57. The molecule has 7 nitrogen and oxygen atoms in total. The molecule has 4 rings (SSSR count). The van der Waals surface area contributed by atoms with E-state index in [2.05, 4.69) is 9.97 Å². The Kier molecular flexibility index (Phi) is 5.35. The minimum atomic E-state index is -0.499. The van der Waals surface area contributed by atoms with Gasteiger partial charge in [-0.15, -0.1) is 0 Å². The highest BCUT2D eigenvalue weighted by Crippen LogP contribution is 2.38. The van der Waals surface area contributed by atoms with Crippen LogP contribution < -0.4 is 15.2 Å². The lowest BCUT2D eigenvalue weighted by Crippen LogP contribution is -2.00. The number of aromatic nitrogens is 2. The average Bonchev–Trinajstić information content (AvgIpc) is 3.32. The Morgan fingerprint density at radius 2 is 1.86 bits per heavy atom. The summed E-state index contributed by atoms with van der Waals surface area (Å²) in [5, 5.41) is 9.84. The van der Waals surface area contributed by atoms with Crippen LogP contribution in [0.5, 0.6) is 17.4 Å². The van der Waals surface area contributed by atoms with Crippen LogP contribution in [0.15, 0.2) is 79.9 Å². The van der Waals surface area contributed by atoms with Crippen molar-refractivity contribution in [3.63, 3.8) is 0 Å². The Labute approximate surface area is 170 Å². The number of hydrogen-bond acceptors (Lipinski definition) is 6. The van der Waals surface area contributed by atoms with E-state index in [-0.39, 0.29) is 11.6 Å². The summed E-state index contributed by atoms with van der Waals surface area (Å²) in [6.45, 7) is 0.405. The first-order valence-electron chi connectivity index (χ1n) is 8.76. The molecule has 8 heteroatoms. The van der Waals surface area contributed by atoms with Gasteiger partial charge in [0.1, 0.15) is 23.8 Å². The number of furan rings is 1. The average molecular weight is 410 g/mol. The molecule has 0 saturated heterocycles. The Balaban J connectivity index is 1.45. The maximum Gasteiger partial charge on any atom is 0.326 e. The highest BCUT2D eigenvalue weighted by Gasteiger charge is 2.17. The summed E-state index contributed by atoms with van der Waals surface area (Å²) in [5.41, 5.74) is 0.692. The van der Waals surface area contributed by atoms with Gasteiger partial charge in [-0.1, -0.05) is 30.0 Å². The summed E-state index contributed by atoms with van der Waals surface area (Å²) >= 11 is 1.45. The van der Waals surface area contributed by atoms with Crippen LogP contribution in [0.1, 0.15) is 5.56 Å². The molecule has 0 spiro atoms. The standard InChI is InChI=1S/C21H18N2O5S/c1-26-16-5-3-2-4-13(16)12-28-14-6-8-15(9-7-14)29-17-10-11-27-19(17)18-20(24)23-21(25)22-18/h2-11,24H,12H2,1H3,(H2,22,23,25). The van der Waals surface area contributed by atoms with Crippen LogP contribution in [0.3, 0.4) is 0 Å². The Bertz CT molecular complexity index is 1160. The molecule has 0 bridgehead atoms. The quantitative estimate of drug-likeness (QED) is 0.417. The maximum absolute atomic E-state index is 11.4. The Morgan fingerprint density at radius 3 is 2.59 bits per heavy atom. The number of benzene rings is 2. The van der Waals surface area contributed by atoms with Gasteiger partial charge in [-0.3, -0.25) is 9.97 Å². The molecular formula is C21H18N2O5S. The fraction of sp³-hybridized carbons (Fsp3) is 0.0952. The number of nitrogens with one attached hydrogen (secondary N) is 2. The molecule has 2 heterocycles. The molecule has 4 aromatic rings. The predicted octanol–water partition coefficient (Wildman–Crippen LogP) is 4.41. The molecule has 2 aromatic heterocycles. The zero-order valence-electron chi connectivity index (χ0n) is 15.5. The smallest absolute Gasteiger partial charge is 0.326 e. The molecule has 3 N–H and O–H groups in total. The lowest BCUT2D eigenvalue weighted by Gasteiger charge is -2.10. The van der Waals surface area contributed by atoms with E-state index < -0.39 is 5.69 Å². The van der Waals surface area contributed by atoms with Crippen LogP contribution in [0.4, 0.5) is 0 Å². The lowest BCUT2D eigenvalue weighted by atomic mass is 10.2. The second-order valence-electron chi connectivity index (χ2n) is 6.09. The van der Waals surface area contributed by atoms with E-state index in [1.54, 1.807) is 13.2 Å². The van der Waals surface area contributed by atoms with Crippen LogP contribution in [-0.2, 0) is 6.61 Å². The normalized spacial score (nSPS) is 10.8. The number of rotatable bonds is 7. The topological polar surface area (TPSA) is 100 Å². The highest BCUT2D eigenvalue weighted by molar-refractivity contribution is 7.99. The van der Waals surface area contributed by atoms with E-state index in [4.69, 9.17) is 13.9 Å². The van der Waals surface area contributed by atoms with Gasteiger partial charge in [-0.25, -0.2) is 4.79 Å². The van der Waals surface area contributed by atoms with Crippen LogP contribution in [0, 0.1) is 0 Å². The summed E-state index contributed by atoms with van der Waals surface area (Å²) in [6.07, 6.45) is 1.51. The fourth-order valence-electron chi connectivity index (χ4n) is 2.81. The van der Waals surface area contributed by atoms with Crippen molar-refractivity contribution in [1.29, 1.82) is 0 Å². The highest BCUT2D eigenvalue weighted by atomic mass is 32.2. The third-order valence-electron chi connectivity index (χ3n) is 4.20. The van der Waals surface area contributed by atoms with Gasteiger partial charge < -0.3 is 19.0 Å². The van der Waals surface area contributed by atoms with Gasteiger partial charge in [0.25, 0.3) is 0 Å². The van der Waals surface area contributed by atoms with Gasteiger partial charge >= 0.3 is 5.69 Å². The number of methoxy groups -OCH3 is 1. The molecule has 0 aliphatic carbocycles. The van der Waals surface area contributed by atoms with Gasteiger partial charge in [-0.2, -0.15) is 0 Å². The zero-order chi connectivity index (χ0) is 20.2. The minimum Gasteiger partial charge on any atom is -0.496 e. The first-order chi connectivity index (χ1) is 14.1. The number of imidazole rings is 1. The third-order valence-corrected chi connectivity index (χ3v) is 5.25. The molecule has 148 valence electrons. The van der Waals surface area contributed by atoms with Gasteiger partial charge in [0, 0.05) is 10.5 Å². The summed E-state index contributed by atoms with van der Waals surface area (Å²) in [6, 6.07) is 17.1. The molecule has 0 aliphatic rings. The Hall–Kier alpha value is -3.52. The largest absolute Gasteiger partial charge is 0.496 e. The van der Waals surface area contributed by atoms with Crippen LogP contribution in [-0.4, -0.2) is 22.2 Å². The number of aromatic hydroxyl groups is 1.